The number of aliphatic hydroxyl groups is 1. The van der Waals surface area contributed by atoms with Crippen LogP contribution < -0.4 is 14.5 Å². The monoisotopic (exact) mass is 336 g/mol. The Bertz CT molecular complexity index is 715. The quantitative estimate of drug-likeness (QED) is 0.859. The van der Waals surface area contributed by atoms with Gasteiger partial charge in [-0.15, -0.1) is 0 Å². The standard InChI is InChI=1S/C16H17FN2O5/c17-9-1-11-13(2-10(9)18-5-16(6-18)7-22-8-16)23-4-12-14(3-20)24-15(21)19(11)12/h1-2,12,14,20H,3-8H2/t12-,14-/m0/s1. The van der Waals surface area contributed by atoms with Gasteiger partial charge in [-0.05, 0) is 0 Å². The van der Waals surface area contributed by atoms with E-state index >= 15 is 0 Å². The summed E-state index contributed by atoms with van der Waals surface area (Å²) in [5, 5.41) is 9.31. The van der Waals surface area contributed by atoms with Gasteiger partial charge in [0.1, 0.15) is 24.2 Å². The molecule has 1 N–H and O–H groups in total. The van der Waals surface area contributed by atoms with Crippen LogP contribution in [0.15, 0.2) is 12.1 Å². The molecular weight excluding hydrogens is 319 g/mol. The van der Waals surface area contributed by atoms with Crippen LogP contribution >= 0.6 is 0 Å². The first kappa shape index (κ1) is 14.3. The molecule has 4 aliphatic heterocycles. The van der Waals surface area contributed by atoms with E-state index in [0.717, 1.165) is 26.3 Å². The van der Waals surface area contributed by atoms with E-state index in [1.54, 1.807) is 6.07 Å². The summed E-state index contributed by atoms with van der Waals surface area (Å²) in [7, 11) is 0. The molecule has 1 spiro atoms. The Hall–Kier alpha value is -2.06. The number of hydrogen-bond donors (Lipinski definition) is 1. The van der Waals surface area contributed by atoms with Gasteiger partial charge in [-0.25, -0.2) is 9.18 Å². The fourth-order valence-corrected chi connectivity index (χ4v) is 3.94. The molecule has 0 radical (unpaired) electrons. The van der Waals surface area contributed by atoms with Crippen LogP contribution in [0.2, 0.25) is 0 Å². The second kappa shape index (κ2) is 4.73. The molecule has 3 saturated heterocycles. The van der Waals surface area contributed by atoms with Crippen LogP contribution in [0.25, 0.3) is 0 Å². The maximum absolute atomic E-state index is 14.6. The van der Waals surface area contributed by atoms with Crippen molar-refractivity contribution in [1.29, 1.82) is 0 Å². The highest BCUT2D eigenvalue weighted by Gasteiger charge is 2.50. The predicted octanol–water partition coefficient (Wildman–Crippen LogP) is 0.741. The van der Waals surface area contributed by atoms with Crippen molar-refractivity contribution in [3.63, 3.8) is 0 Å². The van der Waals surface area contributed by atoms with E-state index in [9.17, 15) is 14.3 Å². The molecule has 1 aromatic rings. The number of hydrogen-bond acceptors (Lipinski definition) is 6. The minimum atomic E-state index is -0.651. The van der Waals surface area contributed by atoms with Crippen molar-refractivity contribution in [2.45, 2.75) is 12.1 Å². The van der Waals surface area contributed by atoms with Crippen LogP contribution in [0.5, 0.6) is 5.75 Å². The van der Waals surface area contributed by atoms with E-state index in [2.05, 4.69) is 0 Å². The van der Waals surface area contributed by atoms with Crippen LogP contribution in [-0.2, 0) is 9.47 Å². The topological polar surface area (TPSA) is 71.5 Å². The van der Waals surface area contributed by atoms with Crippen molar-refractivity contribution in [1.82, 2.24) is 0 Å². The molecule has 4 aliphatic rings. The van der Waals surface area contributed by atoms with Gasteiger partial charge in [0.2, 0.25) is 0 Å². The molecule has 128 valence electrons. The number of nitrogens with zero attached hydrogens (tertiary/aromatic N) is 2. The van der Waals surface area contributed by atoms with E-state index in [0.29, 0.717) is 17.1 Å². The van der Waals surface area contributed by atoms with Gasteiger partial charge >= 0.3 is 6.09 Å². The first-order valence-corrected chi connectivity index (χ1v) is 8.00. The Labute approximate surface area is 137 Å². The summed E-state index contributed by atoms with van der Waals surface area (Å²) in [5.41, 5.74) is 1.02. The minimum Gasteiger partial charge on any atom is -0.489 e. The summed E-state index contributed by atoms with van der Waals surface area (Å²) in [4.78, 5) is 15.4. The molecule has 0 aliphatic carbocycles. The van der Waals surface area contributed by atoms with Gasteiger partial charge < -0.3 is 24.2 Å². The van der Waals surface area contributed by atoms with Gasteiger partial charge in [-0.3, -0.25) is 4.90 Å². The average Bonchev–Trinajstić information content (AvgIpc) is 2.81. The number of aliphatic hydroxyl groups excluding tert-OH is 1. The van der Waals surface area contributed by atoms with E-state index in [1.165, 1.54) is 11.0 Å². The molecule has 0 saturated carbocycles. The highest BCUT2D eigenvalue weighted by Crippen LogP contribution is 2.46. The molecule has 5 rings (SSSR count). The third-order valence-electron chi connectivity index (χ3n) is 5.30. The van der Waals surface area contributed by atoms with Crippen LogP contribution in [0.3, 0.4) is 0 Å². The molecule has 24 heavy (non-hydrogen) atoms. The minimum absolute atomic E-state index is 0.182. The Balaban J connectivity index is 1.46. The fraction of sp³-hybridized carbons (Fsp3) is 0.562. The van der Waals surface area contributed by atoms with Crippen molar-refractivity contribution in [2.75, 3.05) is 49.3 Å². The zero-order valence-corrected chi connectivity index (χ0v) is 12.9. The molecule has 0 unspecified atom stereocenters. The maximum Gasteiger partial charge on any atom is 0.415 e. The Kier molecular flexibility index (Phi) is 2.82. The van der Waals surface area contributed by atoms with Gasteiger partial charge in [-0.1, -0.05) is 0 Å². The van der Waals surface area contributed by atoms with Gasteiger partial charge in [0, 0.05) is 25.2 Å². The van der Waals surface area contributed by atoms with E-state index < -0.39 is 24.1 Å². The Morgan fingerprint density at radius 2 is 2.08 bits per heavy atom. The second-order valence-electron chi connectivity index (χ2n) is 6.97. The highest BCUT2D eigenvalue weighted by atomic mass is 19.1. The lowest BCUT2D eigenvalue weighted by Crippen LogP contribution is -2.66. The smallest absolute Gasteiger partial charge is 0.415 e. The van der Waals surface area contributed by atoms with Gasteiger partial charge in [0.25, 0.3) is 0 Å². The number of rotatable bonds is 2. The number of cyclic esters (lactones) is 1. The Morgan fingerprint density at radius 1 is 1.29 bits per heavy atom. The summed E-state index contributed by atoms with van der Waals surface area (Å²) in [6.45, 7) is 2.93. The molecule has 2 atom stereocenters. The van der Waals surface area contributed by atoms with Crippen molar-refractivity contribution in [3.05, 3.63) is 17.9 Å². The predicted molar refractivity (Wildman–Crippen MR) is 81.0 cm³/mol. The van der Waals surface area contributed by atoms with Crippen LogP contribution in [0.4, 0.5) is 20.6 Å². The number of anilines is 2. The molecule has 3 fully saturated rings. The van der Waals surface area contributed by atoms with Crippen molar-refractivity contribution < 1.29 is 28.5 Å². The normalized spacial score (nSPS) is 29.3. The summed E-state index contributed by atoms with van der Waals surface area (Å²) >= 11 is 0. The first-order chi connectivity index (χ1) is 11.6. The number of amides is 1. The van der Waals surface area contributed by atoms with E-state index in [-0.39, 0.29) is 18.6 Å². The Morgan fingerprint density at radius 3 is 2.75 bits per heavy atom. The largest absolute Gasteiger partial charge is 0.489 e. The van der Waals surface area contributed by atoms with Crippen LogP contribution in [0.1, 0.15) is 0 Å². The van der Waals surface area contributed by atoms with Gasteiger partial charge in [-0.2, -0.15) is 0 Å². The zero-order valence-electron chi connectivity index (χ0n) is 12.9. The molecule has 0 aromatic heterocycles. The van der Waals surface area contributed by atoms with E-state index in [4.69, 9.17) is 14.2 Å². The summed E-state index contributed by atoms with van der Waals surface area (Å²) in [6, 6.07) is 2.53. The second-order valence-corrected chi connectivity index (χ2v) is 6.97. The highest BCUT2D eigenvalue weighted by molar-refractivity contribution is 5.93. The van der Waals surface area contributed by atoms with Crippen LogP contribution in [-0.4, -0.2) is 62.9 Å². The van der Waals surface area contributed by atoms with Gasteiger partial charge in [0.05, 0.1) is 36.6 Å². The summed E-state index contributed by atoms with van der Waals surface area (Å²) in [5.74, 6) is 0.0670. The van der Waals surface area contributed by atoms with Crippen molar-refractivity contribution in [3.8, 4) is 5.75 Å². The third kappa shape index (κ3) is 1.81. The third-order valence-corrected chi connectivity index (χ3v) is 5.30. The number of carbonyl (C=O) groups excluding carboxylic acids is 1. The van der Waals surface area contributed by atoms with E-state index in [1.807, 2.05) is 4.90 Å². The number of ether oxygens (including phenoxy) is 3. The number of halogens is 1. The SMILES string of the molecule is O=C1O[C@@H](CO)[C@@H]2COc3cc(N4CC5(COC5)C4)c(F)cc3N12. The molecule has 1 aromatic carbocycles. The lowest BCUT2D eigenvalue weighted by molar-refractivity contribution is -0.127. The molecule has 7 nitrogen and oxygen atoms in total. The fourth-order valence-electron chi connectivity index (χ4n) is 3.94. The number of fused-ring (bicyclic) bond motifs is 3. The zero-order chi connectivity index (χ0) is 16.5. The molecule has 4 heterocycles. The lowest BCUT2D eigenvalue weighted by atomic mass is 9.77. The van der Waals surface area contributed by atoms with Crippen molar-refractivity contribution in [2.24, 2.45) is 5.41 Å². The number of carbonyl (C=O) groups is 1. The average molecular weight is 336 g/mol. The lowest BCUT2D eigenvalue weighted by Gasteiger charge is -2.56. The number of benzene rings is 1. The first-order valence-electron chi connectivity index (χ1n) is 8.00. The summed E-state index contributed by atoms with van der Waals surface area (Å²) < 4.78 is 30.7. The van der Waals surface area contributed by atoms with Crippen molar-refractivity contribution >= 4 is 17.5 Å². The molecular formula is C16H17FN2O5. The summed E-state index contributed by atoms with van der Waals surface area (Å²) in [6.07, 6.45) is -1.23. The van der Waals surface area contributed by atoms with Crippen LogP contribution in [0, 0.1) is 11.2 Å². The maximum atomic E-state index is 14.6. The van der Waals surface area contributed by atoms with Gasteiger partial charge in [0.15, 0.2) is 6.10 Å². The molecule has 0 bridgehead atoms. The molecule has 8 heteroatoms. The molecule has 1 amide bonds.